The van der Waals surface area contributed by atoms with Crippen molar-refractivity contribution in [3.05, 3.63) is 35.9 Å². The summed E-state index contributed by atoms with van der Waals surface area (Å²) in [6.07, 6.45) is 7.49. The Kier molecular flexibility index (Phi) is 9.36. The van der Waals surface area contributed by atoms with E-state index in [1.807, 2.05) is 0 Å². The number of nitrogens with zero attached hydrogens (tertiary/aromatic N) is 1. The van der Waals surface area contributed by atoms with Gasteiger partial charge in [0.2, 0.25) is 0 Å². The molecule has 120 valence electrons. The molecule has 2 nitrogen and oxygen atoms in total. The topological polar surface area (TPSA) is 9.23 Å². The molecule has 1 aromatic carbocycles. The van der Waals surface area contributed by atoms with Crippen LogP contribution in [0.2, 0.25) is 0 Å². The van der Waals surface area contributed by atoms with Crippen molar-refractivity contribution in [2.75, 3.05) is 19.6 Å². The Bertz CT molecular complexity index is 328. The molecular formula is C19H34NO+. The molecule has 0 aliphatic carbocycles. The number of hydrogen-bond donors (Lipinski definition) is 0. The number of quaternary nitrogens is 1. The first-order valence-electron chi connectivity index (χ1n) is 8.81. The van der Waals surface area contributed by atoms with Crippen LogP contribution < -0.4 is 0 Å². The van der Waals surface area contributed by atoms with Crippen LogP contribution in [0.3, 0.4) is 0 Å². The molecule has 0 spiro atoms. The summed E-state index contributed by atoms with van der Waals surface area (Å²) in [4.78, 5) is 6.46. The molecular weight excluding hydrogens is 258 g/mol. The van der Waals surface area contributed by atoms with Crippen LogP contribution in [0.1, 0.15) is 64.9 Å². The fraction of sp³-hybridized carbons (Fsp3) is 0.684. The molecule has 0 atom stereocenters. The minimum Gasteiger partial charge on any atom is -0.198 e. The molecule has 0 heterocycles. The quantitative estimate of drug-likeness (QED) is 0.373. The van der Waals surface area contributed by atoms with E-state index in [0.29, 0.717) is 0 Å². The van der Waals surface area contributed by atoms with Crippen LogP contribution in [-0.4, -0.2) is 24.3 Å². The fourth-order valence-corrected chi connectivity index (χ4v) is 2.65. The molecule has 1 rings (SSSR count). The summed E-state index contributed by atoms with van der Waals surface area (Å²) < 4.78 is 0.852. The lowest BCUT2D eigenvalue weighted by molar-refractivity contribution is -1.11. The maximum absolute atomic E-state index is 6.46. The molecule has 0 aliphatic rings. The van der Waals surface area contributed by atoms with Crippen LogP contribution in [0, 0.1) is 0 Å². The lowest BCUT2D eigenvalue weighted by Gasteiger charge is -2.36. The molecule has 0 aromatic heterocycles. The average molecular weight is 292 g/mol. The maximum Gasteiger partial charge on any atom is 0.131 e. The van der Waals surface area contributed by atoms with E-state index in [9.17, 15) is 0 Å². The van der Waals surface area contributed by atoms with Crippen LogP contribution in [0.4, 0.5) is 0 Å². The summed E-state index contributed by atoms with van der Waals surface area (Å²) in [5.74, 6) is 0. The van der Waals surface area contributed by atoms with Crippen molar-refractivity contribution >= 4 is 0 Å². The lowest BCUT2D eigenvalue weighted by atomic mass is 10.2. The Balaban J connectivity index is 2.69. The van der Waals surface area contributed by atoms with Gasteiger partial charge < -0.3 is 0 Å². The van der Waals surface area contributed by atoms with Gasteiger partial charge in [-0.25, -0.2) is 0 Å². The molecule has 0 saturated heterocycles. The zero-order valence-electron chi connectivity index (χ0n) is 14.3. The Morgan fingerprint density at radius 3 is 1.67 bits per heavy atom. The third-order valence-electron chi connectivity index (χ3n) is 4.11. The highest BCUT2D eigenvalue weighted by Crippen LogP contribution is 2.18. The zero-order valence-corrected chi connectivity index (χ0v) is 14.3. The Hall–Kier alpha value is -0.860. The number of rotatable bonds is 12. The molecule has 0 N–H and O–H groups in total. The third kappa shape index (κ3) is 7.10. The predicted octanol–water partition coefficient (Wildman–Crippen LogP) is 5.34. The molecule has 21 heavy (non-hydrogen) atoms. The molecule has 0 unspecified atom stereocenters. The largest absolute Gasteiger partial charge is 0.198 e. The summed E-state index contributed by atoms with van der Waals surface area (Å²) in [7, 11) is 0. The summed E-state index contributed by atoms with van der Waals surface area (Å²) in [6, 6.07) is 10.6. The van der Waals surface area contributed by atoms with Crippen molar-refractivity contribution in [1.82, 2.24) is 0 Å². The van der Waals surface area contributed by atoms with Gasteiger partial charge >= 0.3 is 0 Å². The van der Waals surface area contributed by atoms with E-state index < -0.39 is 0 Å². The Morgan fingerprint density at radius 2 is 1.24 bits per heavy atom. The molecule has 0 fully saturated rings. The van der Waals surface area contributed by atoms with E-state index in [4.69, 9.17) is 4.84 Å². The van der Waals surface area contributed by atoms with Crippen molar-refractivity contribution in [2.45, 2.75) is 65.9 Å². The van der Waals surface area contributed by atoms with E-state index >= 15 is 0 Å². The maximum atomic E-state index is 6.46. The van der Waals surface area contributed by atoms with E-state index in [0.717, 1.165) is 30.9 Å². The van der Waals surface area contributed by atoms with Gasteiger partial charge in [-0.2, -0.15) is 9.48 Å². The Labute approximate surface area is 131 Å². The normalized spacial score (nSPS) is 11.8. The van der Waals surface area contributed by atoms with Crippen LogP contribution in [-0.2, 0) is 11.4 Å². The summed E-state index contributed by atoms with van der Waals surface area (Å²) in [5.41, 5.74) is 1.28. The molecule has 0 amide bonds. The zero-order chi connectivity index (χ0) is 15.4. The molecule has 0 radical (unpaired) electrons. The van der Waals surface area contributed by atoms with Crippen molar-refractivity contribution in [2.24, 2.45) is 0 Å². The minimum atomic E-state index is 0.734. The minimum absolute atomic E-state index is 0.734. The van der Waals surface area contributed by atoms with Gasteiger partial charge in [-0.15, -0.1) is 0 Å². The second-order valence-corrected chi connectivity index (χ2v) is 6.05. The van der Waals surface area contributed by atoms with Crippen molar-refractivity contribution < 1.29 is 9.48 Å². The smallest absolute Gasteiger partial charge is 0.131 e. The van der Waals surface area contributed by atoms with Gasteiger partial charge in [0, 0.05) is 0 Å². The second kappa shape index (κ2) is 10.8. The molecule has 0 bridgehead atoms. The number of unbranched alkanes of at least 4 members (excludes halogenated alkanes) is 3. The van der Waals surface area contributed by atoms with Gasteiger partial charge in [-0.05, 0) is 24.8 Å². The highest BCUT2D eigenvalue weighted by atomic mass is 16.7. The van der Waals surface area contributed by atoms with Crippen LogP contribution in [0.25, 0.3) is 0 Å². The molecule has 1 aromatic rings. The predicted molar refractivity (Wildman–Crippen MR) is 90.8 cm³/mol. The number of benzene rings is 1. The standard InChI is InChI=1S/C19H34NO/c1-4-7-15-20(16-8-5-2,17-9-6-3)21-18-19-13-11-10-12-14-19/h10-14H,4-9,15-18H2,1-3H3/q+1. The number of hydroxylamine groups is 3. The van der Waals surface area contributed by atoms with Crippen LogP contribution in [0.15, 0.2) is 30.3 Å². The van der Waals surface area contributed by atoms with Gasteiger partial charge in [0.15, 0.2) is 0 Å². The van der Waals surface area contributed by atoms with Gasteiger partial charge in [0.1, 0.15) is 26.2 Å². The number of hydrogen-bond acceptors (Lipinski definition) is 1. The monoisotopic (exact) mass is 292 g/mol. The van der Waals surface area contributed by atoms with Crippen molar-refractivity contribution in [1.29, 1.82) is 0 Å². The first kappa shape index (κ1) is 18.2. The summed E-state index contributed by atoms with van der Waals surface area (Å²) in [5, 5.41) is 0. The van der Waals surface area contributed by atoms with E-state index in [1.54, 1.807) is 0 Å². The third-order valence-corrected chi connectivity index (χ3v) is 4.11. The molecule has 2 heteroatoms. The van der Waals surface area contributed by atoms with E-state index in [2.05, 4.69) is 51.1 Å². The Morgan fingerprint density at radius 1 is 0.762 bits per heavy atom. The summed E-state index contributed by atoms with van der Waals surface area (Å²) >= 11 is 0. The van der Waals surface area contributed by atoms with Gasteiger partial charge in [0.05, 0.1) is 0 Å². The van der Waals surface area contributed by atoms with Crippen molar-refractivity contribution in [3.63, 3.8) is 0 Å². The summed E-state index contributed by atoms with van der Waals surface area (Å²) in [6.45, 7) is 11.0. The fourth-order valence-electron chi connectivity index (χ4n) is 2.65. The first-order chi connectivity index (χ1) is 10.3. The molecule has 0 aliphatic heterocycles. The first-order valence-corrected chi connectivity index (χ1v) is 8.81. The van der Waals surface area contributed by atoms with E-state index in [1.165, 1.54) is 44.1 Å². The average Bonchev–Trinajstić information content (AvgIpc) is 2.54. The van der Waals surface area contributed by atoms with Gasteiger partial charge in [0.25, 0.3) is 0 Å². The molecule has 0 saturated carbocycles. The highest BCUT2D eigenvalue weighted by Gasteiger charge is 2.28. The SMILES string of the molecule is CCCC[N+](CCCC)(CCCC)OCc1ccccc1. The highest BCUT2D eigenvalue weighted by molar-refractivity contribution is 5.13. The lowest BCUT2D eigenvalue weighted by Crippen LogP contribution is -2.49. The van der Waals surface area contributed by atoms with E-state index in [-0.39, 0.29) is 0 Å². The van der Waals surface area contributed by atoms with Gasteiger partial charge in [-0.1, -0.05) is 70.4 Å². The second-order valence-electron chi connectivity index (χ2n) is 6.05. The van der Waals surface area contributed by atoms with Crippen LogP contribution in [0.5, 0.6) is 0 Å². The van der Waals surface area contributed by atoms with Gasteiger partial charge in [-0.3, -0.25) is 0 Å². The van der Waals surface area contributed by atoms with Crippen LogP contribution >= 0.6 is 0 Å². The van der Waals surface area contributed by atoms with Crippen molar-refractivity contribution in [3.8, 4) is 0 Å².